The van der Waals surface area contributed by atoms with E-state index < -0.39 is 24.3 Å². The second-order valence-electron chi connectivity index (χ2n) is 11.4. The molecule has 0 bridgehead atoms. The average molecular weight is 725 g/mol. The van der Waals surface area contributed by atoms with Gasteiger partial charge in [0.05, 0.1) is 25.2 Å². The van der Waals surface area contributed by atoms with E-state index in [1.807, 2.05) is 59.9 Å². The van der Waals surface area contributed by atoms with Gasteiger partial charge < -0.3 is 24.4 Å². The van der Waals surface area contributed by atoms with Gasteiger partial charge in [0.15, 0.2) is 0 Å². The van der Waals surface area contributed by atoms with Crippen LogP contribution in [0.4, 0.5) is 26.3 Å². The molecule has 0 unspecified atom stereocenters. The van der Waals surface area contributed by atoms with Gasteiger partial charge in [-0.15, -0.1) is 0 Å². The van der Waals surface area contributed by atoms with Crippen molar-refractivity contribution in [1.29, 1.82) is 0 Å². The van der Waals surface area contributed by atoms with E-state index in [-0.39, 0.29) is 11.9 Å². The van der Waals surface area contributed by atoms with E-state index in [1.54, 1.807) is 7.11 Å². The van der Waals surface area contributed by atoms with E-state index in [0.717, 1.165) is 61.0 Å². The number of amides is 1. The molecule has 0 radical (unpaired) electrons. The number of carboxylic acids is 2. The highest BCUT2D eigenvalue weighted by Gasteiger charge is 2.39. The lowest BCUT2D eigenvalue weighted by Gasteiger charge is -2.39. The van der Waals surface area contributed by atoms with E-state index in [2.05, 4.69) is 45.6 Å². The minimum atomic E-state index is -5.08. The van der Waals surface area contributed by atoms with Crippen LogP contribution in [-0.2, 0) is 22.6 Å². The van der Waals surface area contributed by atoms with Crippen LogP contribution in [0.1, 0.15) is 47.4 Å². The number of aryl methyl sites for hydroxylation is 1. The minimum Gasteiger partial charge on any atom is -0.497 e. The summed E-state index contributed by atoms with van der Waals surface area (Å²) >= 11 is 0. The smallest absolute Gasteiger partial charge is 0.490 e. The molecule has 0 aliphatic carbocycles. The van der Waals surface area contributed by atoms with Gasteiger partial charge in [0.1, 0.15) is 5.75 Å². The van der Waals surface area contributed by atoms with Crippen molar-refractivity contribution in [2.24, 2.45) is 0 Å². The largest absolute Gasteiger partial charge is 0.497 e. The first-order chi connectivity index (χ1) is 24.1. The zero-order valence-electron chi connectivity index (χ0n) is 27.8. The Bertz CT molecular complexity index is 1710. The van der Waals surface area contributed by atoms with E-state index in [0.29, 0.717) is 13.1 Å². The first kappa shape index (κ1) is 40.3. The number of halogens is 6. The number of hydrogen-bond donors (Lipinski definition) is 2. The number of rotatable bonds is 9. The summed E-state index contributed by atoms with van der Waals surface area (Å²) in [4.78, 5) is 40.4. The number of aromatic nitrogens is 2. The van der Waals surface area contributed by atoms with E-state index in [1.165, 1.54) is 11.3 Å². The van der Waals surface area contributed by atoms with Crippen molar-refractivity contribution in [2.45, 2.75) is 51.1 Å². The van der Waals surface area contributed by atoms with Crippen LogP contribution >= 0.6 is 0 Å². The number of hydrogen-bond acceptors (Lipinski definition) is 6. The molecule has 2 N–H and O–H groups in total. The van der Waals surface area contributed by atoms with Crippen LogP contribution in [0.15, 0.2) is 79.3 Å². The number of ether oxygens (including phenoxy) is 1. The second kappa shape index (κ2) is 18.2. The SMILES string of the molecule is CCCCn1cncc1[C@H](Cc1ccc(OC)cc1)N1CCN(C(=O)c2cccc3ccccc23)CC1.O=C(O)C(F)(F)F.O=C(O)C(F)(F)F. The average Bonchev–Trinajstić information content (AvgIpc) is 3.57. The predicted octanol–water partition coefficient (Wildman–Crippen LogP) is 6.85. The number of fused-ring (bicyclic) bond motifs is 1. The van der Waals surface area contributed by atoms with Gasteiger partial charge in [-0.3, -0.25) is 9.69 Å². The highest BCUT2D eigenvalue weighted by Crippen LogP contribution is 2.29. The lowest BCUT2D eigenvalue weighted by molar-refractivity contribution is -0.193. The first-order valence-electron chi connectivity index (χ1n) is 15.8. The van der Waals surface area contributed by atoms with Crippen molar-refractivity contribution in [3.8, 4) is 5.75 Å². The molecule has 0 saturated carbocycles. The number of imidazole rings is 1. The number of carbonyl (C=O) groups excluding carboxylic acids is 1. The summed E-state index contributed by atoms with van der Waals surface area (Å²) in [7, 11) is 1.70. The molecule has 0 spiro atoms. The number of methoxy groups -OCH3 is 1. The summed E-state index contributed by atoms with van der Waals surface area (Å²) in [5.41, 5.74) is 3.31. The fourth-order valence-electron chi connectivity index (χ4n) is 5.35. The number of alkyl halides is 6. The Labute approximate surface area is 289 Å². The van der Waals surface area contributed by atoms with Crippen molar-refractivity contribution < 1.29 is 55.7 Å². The van der Waals surface area contributed by atoms with Crippen molar-refractivity contribution in [1.82, 2.24) is 19.4 Å². The third-order valence-corrected chi connectivity index (χ3v) is 7.97. The number of unbranched alkanes of at least 4 members (excludes halogenated alkanes) is 1. The van der Waals surface area contributed by atoms with Gasteiger partial charge in [0.2, 0.25) is 0 Å². The molecule has 5 rings (SSSR count). The van der Waals surface area contributed by atoms with Crippen LogP contribution in [0.3, 0.4) is 0 Å². The summed E-state index contributed by atoms with van der Waals surface area (Å²) in [6.45, 7) is 6.28. The Morgan fingerprint density at radius 1 is 0.843 bits per heavy atom. The summed E-state index contributed by atoms with van der Waals surface area (Å²) in [6, 6.07) is 22.7. The topological polar surface area (TPSA) is 125 Å². The van der Waals surface area contributed by atoms with Crippen LogP contribution in [0, 0.1) is 0 Å². The molecule has 16 heteroatoms. The molecular formula is C35H38F6N4O6. The fraction of sp³-hybridized carbons (Fsp3) is 0.371. The number of benzene rings is 3. The molecule has 10 nitrogen and oxygen atoms in total. The lowest BCUT2D eigenvalue weighted by Crippen LogP contribution is -2.50. The molecule has 2 heterocycles. The molecule has 1 aliphatic rings. The number of piperazine rings is 1. The van der Waals surface area contributed by atoms with Crippen molar-refractivity contribution in [3.05, 3.63) is 96.1 Å². The molecule has 1 amide bonds. The summed E-state index contributed by atoms with van der Waals surface area (Å²) in [6.07, 6.45) is -3.01. The Balaban J connectivity index is 0.000000424. The third-order valence-electron chi connectivity index (χ3n) is 7.97. The second-order valence-corrected chi connectivity index (χ2v) is 11.4. The normalized spacial score (nSPS) is 14.1. The van der Waals surface area contributed by atoms with E-state index in [4.69, 9.17) is 24.5 Å². The van der Waals surface area contributed by atoms with Crippen molar-refractivity contribution in [2.75, 3.05) is 33.3 Å². The van der Waals surface area contributed by atoms with E-state index >= 15 is 0 Å². The van der Waals surface area contributed by atoms with Crippen molar-refractivity contribution >= 4 is 28.6 Å². The highest BCUT2D eigenvalue weighted by molar-refractivity contribution is 6.07. The predicted molar refractivity (Wildman–Crippen MR) is 175 cm³/mol. The zero-order valence-corrected chi connectivity index (χ0v) is 27.8. The van der Waals surface area contributed by atoms with Crippen molar-refractivity contribution in [3.63, 3.8) is 0 Å². The molecule has 276 valence electrons. The number of aliphatic carboxylic acids is 2. The number of carboxylic acid groups (broad SMARTS) is 2. The monoisotopic (exact) mass is 724 g/mol. The molecular weight excluding hydrogens is 686 g/mol. The van der Waals surface area contributed by atoms with Gasteiger partial charge in [0.25, 0.3) is 5.91 Å². The zero-order chi connectivity index (χ0) is 37.8. The molecule has 4 aromatic rings. The van der Waals surface area contributed by atoms with Gasteiger partial charge >= 0.3 is 24.3 Å². The lowest BCUT2D eigenvalue weighted by atomic mass is 10.00. The maximum atomic E-state index is 13.5. The summed E-state index contributed by atoms with van der Waals surface area (Å²) < 4.78 is 71.1. The van der Waals surface area contributed by atoms with Gasteiger partial charge in [-0.1, -0.05) is 61.9 Å². The van der Waals surface area contributed by atoms with Crippen LogP contribution in [0.2, 0.25) is 0 Å². The standard InChI is InChI=1S/C31H36N4O2.2C2HF3O2/c1-3-4-16-35-23-32-22-30(35)29(21-24-12-14-26(37-2)15-13-24)33-17-19-34(20-18-33)31(36)28-11-7-9-25-8-5-6-10-27(25)28;2*3-2(4,5)1(6)7/h5-15,22-23,29H,3-4,16-21H2,1-2H3;2*(H,6,7)/t29-;;/m0../s1. The van der Waals surface area contributed by atoms with Gasteiger partial charge in [-0.25, -0.2) is 14.6 Å². The first-order valence-corrected chi connectivity index (χ1v) is 15.8. The molecule has 1 aromatic heterocycles. The van der Waals surface area contributed by atoms with Crippen LogP contribution in [0.5, 0.6) is 5.75 Å². The molecule has 1 aliphatic heterocycles. The Hall–Kier alpha value is -5.12. The summed E-state index contributed by atoms with van der Waals surface area (Å²) in [5, 5.41) is 16.4. The third kappa shape index (κ3) is 11.7. The molecule has 51 heavy (non-hydrogen) atoms. The fourth-order valence-corrected chi connectivity index (χ4v) is 5.35. The van der Waals surface area contributed by atoms with Crippen LogP contribution in [0.25, 0.3) is 10.8 Å². The molecule has 1 fully saturated rings. The van der Waals surface area contributed by atoms with Gasteiger partial charge in [-0.05, 0) is 47.4 Å². The summed E-state index contributed by atoms with van der Waals surface area (Å²) in [5.74, 6) is -4.52. The Morgan fingerprint density at radius 3 is 1.96 bits per heavy atom. The number of carbonyl (C=O) groups is 3. The molecule has 3 aromatic carbocycles. The van der Waals surface area contributed by atoms with E-state index in [9.17, 15) is 31.1 Å². The molecule has 1 atom stereocenters. The Kier molecular flexibility index (Phi) is 14.4. The highest BCUT2D eigenvalue weighted by atomic mass is 19.4. The molecule has 1 saturated heterocycles. The Morgan fingerprint density at radius 2 is 1.41 bits per heavy atom. The van der Waals surface area contributed by atoms with Crippen LogP contribution < -0.4 is 4.74 Å². The minimum absolute atomic E-state index is 0.121. The van der Waals surface area contributed by atoms with Gasteiger partial charge in [-0.2, -0.15) is 26.3 Å². The number of nitrogens with zero attached hydrogens (tertiary/aromatic N) is 4. The van der Waals surface area contributed by atoms with Gasteiger partial charge in [0, 0.05) is 44.5 Å². The maximum Gasteiger partial charge on any atom is 0.490 e. The quantitative estimate of drug-likeness (QED) is 0.180. The van der Waals surface area contributed by atoms with Crippen LogP contribution in [-0.4, -0.2) is 93.1 Å². The maximum absolute atomic E-state index is 13.5.